The van der Waals surface area contributed by atoms with Crippen molar-refractivity contribution < 1.29 is 9.53 Å². The van der Waals surface area contributed by atoms with Gasteiger partial charge in [-0.2, -0.15) is 0 Å². The predicted octanol–water partition coefficient (Wildman–Crippen LogP) is 1.71. The smallest absolute Gasteiger partial charge is 0.216 e. The number of halogens is 1. The van der Waals surface area contributed by atoms with Gasteiger partial charge in [0.05, 0.1) is 18.9 Å². The molecule has 0 radical (unpaired) electrons. The average molecular weight is 252 g/mol. The van der Waals surface area contributed by atoms with Gasteiger partial charge in [-0.25, -0.2) is 4.68 Å². The fourth-order valence-corrected chi connectivity index (χ4v) is 1.66. The van der Waals surface area contributed by atoms with Crippen LogP contribution in [0.2, 0.25) is 5.02 Å². The SMILES string of the molecule is COc1ccc(Cl)cc1C(=O)c1cnnn1C. The zero-order valence-corrected chi connectivity index (χ0v) is 10.1. The number of carbonyl (C=O) groups is 1. The molecule has 0 aliphatic carbocycles. The molecule has 0 saturated heterocycles. The predicted molar refractivity (Wildman–Crippen MR) is 62.4 cm³/mol. The molecule has 17 heavy (non-hydrogen) atoms. The Morgan fingerprint density at radius 1 is 1.47 bits per heavy atom. The van der Waals surface area contributed by atoms with Crippen molar-refractivity contribution in [1.29, 1.82) is 0 Å². The van der Waals surface area contributed by atoms with E-state index in [0.29, 0.717) is 22.0 Å². The summed E-state index contributed by atoms with van der Waals surface area (Å²) in [5.41, 5.74) is 0.774. The number of methoxy groups -OCH3 is 1. The van der Waals surface area contributed by atoms with Crippen LogP contribution in [0.25, 0.3) is 0 Å². The number of ketones is 1. The molecule has 0 amide bonds. The fraction of sp³-hybridized carbons (Fsp3) is 0.182. The van der Waals surface area contributed by atoms with Crippen molar-refractivity contribution in [2.45, 2.75) is 0 Å². The van der Waals surface area contributed by atoms with Gasteiger partial charge in [0.2, 0.25) is 5.78 Å². The van der Waals surface area contributed by atoms with Gasteiger partial charge in [0.15, 0.2) is 0 Å². The summed E-state index contributed by atoms with van der Waals surface area (Å²) >= 11 is 5.87. The topological polar surface area (TPSA) is 57.0 Å². The van der Waals surface area contributed by atoms with E-state index < -0.39 is 0 Å². The third-order valence-corrected chi connectivity index (χ3v) is 2.59. The van der Waals surface area contributed by atoms with Crippen LogP contribution in [-0.4, -0.2) is 27.9 Å². The summed E-state index contributed by atoms with van der Waals surface area (Å²) in [4.78, 5) is 12.2. The average Bonchev–Trinajstić information content (AvgIpc) is 2.74. The Morgan fingerprint density at radius 2 is 2.24 bits per heavy atom. The normalized spacial score (nSPS) is 10.3. The van der Waals surface area contributed by atoms with Gasteiger partial charge in [0.1, 0.15) is 11.4 Å². The number of aryl methyl sites for hydroxylation is 1. The first-order valence-corrected chi connectivity index (χ1v) is 5.24. The van der Waals surface area contributed by atoms with Crippen molar-refractivity contribution in [1.82, 2.24) is 15.0 Å². The van der Waals surface area contributed by atoms with Crippen LogP contribution in [0, 0.1) is 0 Å². The van der Waals surface area contributed by atoms with Gasteiger partial charge in [0, 0.05) is 12.1 Å². The van der Waals surface area contributed by atoms with Gasteiger partial charge in [-0.1, -0.05) is 16.8 Å². The van der Waals surface area contributed by atoms with E-state index in [-0.39, 0.29) is 5.78 Å². The number of nitrogens with zero attached hydrogens (tertiary/aromatic N) is 3. The molecule has 0 unspecified atom stereocenters. The number of hydrogen-bond donors (Lipinski definition) is 0. The van der Waals surface area contributed by atoms with Gasteiger partial charge in [0.25, 0.3) is 0 Å². The molecule has 0 aliphatic heterocycles. The van der Waals surface area contributed by atoms with Crippen LogP contribution in [-0.2, 0) is 7.05 Å². The molecule has 2 rings (SSSR count). The molecule has 0 saturated carbocycles. The summed E-state index contributed by atoms with van der Waals surface area (Å²) < 4.78 is 6.54. The standard InChI is InChI=1S/C11H10ClN3O2/c1-15-9(6-13-14-15)11(16)8-5-7(12)3-4-10(8)17-2/h3-6H,1-2H3. The molecule has 1 aromatic carbocycles. The van der Waals surface area contributed by atoms with Crippen molar-refractivity contribution in [3.8, 4) is 5.75 Å². The summed E-state index contributed by atoms with van der Waals surface area (Å²) in [6.45, 7) is 0. The van der Waals surface area contributed by atoms with E-state index >= 15 is 0 Å². The maximum atomic E-state index is 12.2. The number of hydrogen-bond acceptors (Lipinski definition) is 4. The monoisotopic (exact) mass is 251 g/mol. The molecule has 1 heterocycles. The Bertz CT molecular complexity index is 566. The first-order chi connectivity index (χ1) is 8.13. The van der Waals surface area contributed by atoms with Crippen molar-refractivity contribution in [2.75, 3.05) is 7.11 Å². The third kappa shape index (κ3) is 2.14. The molecule has 0 fully saturated rings. The summed E-state index contributed by atoms with van der Waals surface area (Å²) in [6.07, 6.45) is 1.41. The van der Waals surface area contributed by atoms with Gasteiger partial charge in [-0.15, -0.1) is 5.10 Å². The van der Waals surface area contributed by atoms with E-state index in [4.69, 9.17) is 16.3 Å². The molecule has 88 valence electrons. The molecule has 0 aliphatic rings. The summed E-state index contributed by atoms with van der Waals surface area (Å²) in [5.74, 6) is 0.248. The number of aromatic nitrogens is 3. The van der Waals surface area contributed by atoms with E-state index in [9.17, 15) is 4.79 Å². The van der Waals surface area contributed by atoms with Crippen LogP contribution in [0.15, 0.2) is 24.4 Å². The Balaban J connectivity index is 2.50. The van der Waals surface area contributed by atoms with Crippen LogP contribution < -0.4 is 4.74 Å². The minimum absolute atomic E-state index is 0.225. The molecule has 6 heteroatoms. The first kappa shape index (κ1) is 11.6. The van der Waals surface area contributed by atoms with Crippen LogP contribution >= 0.6 is 11.6 Å². The van der Waals surface area contributed by atoms with Crippen molar-refractivity contribution in [3.63, 3.8) is 0 Å². The maximum Gasteiger partial charge on any atom is 0.216 e. The largest absolute Gasteiger partial charge is 0.496 e. The second kappa shape index (κ2) is 4.55. The Hall–Kier alpha value is -1.88. The second-order valence-corrected chi connectivity index (χ2v) is 3.85. The lowest BCUT2D eigenvalue weighted by Crippen LogP contribution is -2.09. The molecule has 1 aromatic heterocycles. The zero-order chi connectivity index (χ0) is 12.4. The number of rotatable bonds is 3. The van der Waals surface area contributed by atoms with Gasteiger partial charge in [-0.3, -0.25) is 4.79 Å². The highest BCUT2D eigenvalue weighted by atomic mass is 35.5. The van der Waals surface area contributed by atoms with Crippen LogP contribution in [0.3, 0.4) is 0 Å². The lowest BCUT2D eigenvalue weighted by atomic mass is 10.1. The summed E-state index contributed by atoms with van der Waals surface area (Å²) in [6, 6.07) is 4.88. The Morgan fingerprint density at radius 3 is 2.82 bits per heavy atom. The summed E-state index contributed by atoms with van der Waals surface area (Å²) in [5, 5.41) is 7.85. The van der Waals surface area contributed by atoms with E-state index in [2.05, 4.69) is 10.3 Å². The van der Waals surface area contributed by atoms with E-state index in [1.54, 1.807) is 25.2 Å². The molecule has 5 nitrogen and oxygen atoms in total. The highest BCUT2D eigenvalue weighted by Crippen LogP contribution is 2.24. The van der Waals surface area contributed by atoms with Crippen molar-refractivity contribution >= 4 is 17.4 Å². The van der Waals surface area contributed by atoms with Gasteiger partial charge >= 0.3 is 0 Å². The molecule has 0 bridgehead atoms. The Labute approximate surface area is 103 Å². The minimum atomic E-state index is -0.225. The van der Waals surface area contributed by atoms with Crippen LogP contribution in [0.1, 0.15) is 16.1 Å². The van der Waals surface area contributed by atoms with E-state index in [1.165, 1.54) is 18.0 Å². The van der Waals surface area contributed by atoms with Crippen LogP contribution in [0.5, 0.6) is 5.75 Å². The minimum Gasteiger partial charge on any atom is -0.496 e. The zero-order valence-electron chi connectivity index (χ0n) is 9.35. The molecule has 2 aromatic rings. The van der Waals surface area contributed by atoms with Crippen LogP contribution in [0.4, 0.5) is 0 Å². The molecular formula is C11H10ClN3O2. The first-order valence-electron chi connectivity index (χ1n) is 4.86. The number of carbonyl (C=O) groups excluding carboxylic acids is 1. The van der Waals surface area contributed by atoms with Crippen molar-refractivity contribution in [3.05, 3.63) is 40.7 Å². The molecule has 0 atom stereocenters. The lowest BCUT2D eigenvalue weighted by Gasteiger charge is -2.07. The molecule has 0 N–H and O–H groups in total. The lowest BCUT2D eigenvalue weighted by molar-refractivity contribution is 0.102. The Kier molecular flexibility index (Phi) is 3.10. The van der Waals surface area contributed by atoms with Gasteiger partial charge < -0.3 is 4.74 Å². The third-order valence-electron chi connectivity index (χ3n) is 2.35. The number of benzene rings is 1. The fourth-order valence-electron chi connectivity index (χ4n) is 1.49. The van der Waals surface area contributed by atoms with E-state index in [1.807, 2.05) is 0 Å². The van der Waals surface area contributed by atoms with E-state index in [0.717, 1.165) is 0 Å². The molecule has 0 spiro atoms. The summed E-state index contributed by atoms with van der Waals surface area (Å²) in [7, 11) is 3.15. The second-order valence-electron chi connectivity index (χ2n) is 3.42. The highest BCUT2D eigenvalue weighted by Gasteiger charge is 2.18. The quantitative estimate of drug-likeness (QED) is 0.780. The van der Waals surface area contributed by atoms with Gasteiger partial charge in [-0.05, 0) is 18.2 Å². The maximum absolute atomic E-state index is 12.2. The van der Waals surface area contributed by atoms with Crippen molar-refractivity contribution in [2.24, 2.45) is 7.05 Å². The molecular weight excluding hydrogens is 242 g/mol. The highest BCUT2D eigenvalue weighted by molar-refractivity contribution is 6.31. The number of ether oxygens (including phenoxy) is 1.